The second-order valence-corrected chi connectivity index (χ2v) is 5.46. The largest absolute Gasteiger partial charge is 0.391 e. The highest BCUT2D eigenvalue weighted by atomic mass is 32.1. The van der Waals surface area contributed by atoms with Gasteiger partial charge in [-0.05, 0) is 12.5 Å². The molecule has 0 aliphatic heterocycles. The van der Waals surface area contributed by atoms with Crippen molar-refractivity contribution in [2.24, 2.45) is 11.7 Å². The Balaban J connectivity index is 2.45. The van der Waals surface area contributed by atoms with Gasteiger partial charge in [-0.3, -0.25) is 4.79 Å². The van der Waals surface area contributed by atoms with Crippen molar-refractivity contribution in [1.82, 2.24) is 10.3 Å². The van der Waals surface area contributed by atoms with Crippen molar-refractivity contribution in [2.75, 3.05) is 13.1 Å². The van der Waals surface area contributed by atoms with E-state index < -0.39 is 6.10 Å². The summed E-state index contributed by atoms with van der Waals surface area (Å²) in [5.74, 6) is -0.00642. The lowest BCUT2D eigenvalue weighted by Crippen LogP contribution is -2.36. The highest BCUT2D eigenvalue weighted by Gasteiger charge is 2.17. The molecule has 0 spiro atoms. The maximum atomic E-state index is 11.9. The normalized spacial score (nSPS) is 12.7. The second-order valence-electron chi connectivity index (χ2n) is 4.52. The predicted octanol–water partition coefficient (Wildman–Crippen LogP) is 1.17. The molecule has 0 aromatic carbocycles. The van der Waals surface area contributed by atoms with Gasteiger partial charge >= 0.3 is 0 Å². The van der Waals surface area contributed by atoms with E-state index in [9.17, 15) is 9.90 Å². The zero-order valence-corrected chi connectivity index (χ0v) is 12.4. The van der Waals surface area contributed by atoms with Gasteiger partial charge in [-0.2, -0.15) is 0 Å². The Morgan fingerprint density at radius 1 is 1.53 bits per heavy atom. The number of aliphatic hydroxyl groups excluding tert-OH is 1. The van der Waals surface area contributed by atoms with Crippen LogP contribution in [0.5, 0.6) is 0 Å². The standard InChI is InChI=1S/C13H23N3O2S/c1-3-9(4-2)11(17)7-15-13(18)10-8-19-12(16-10)5-6-14/h8-9,11,17H,3-7,14H2,1-2H3,(H,15,18). The number of aliphatic hydroxyl groups is 1. The summed E-state index contributed by atoms with van der Waals surface area (Å²) in [6.07, 6.45) is 2.01. The lowest BCUT2D eigenvalue weighted by molar-refractivity contribution is 0.0813. The van der Waals surface area contributed by atoms with Crippen molar-refractivity contribution >= 4 is 17.2 Å². The Bertz CT molecular complexity index is 391. The van der Waals surface area contributed by atoms with E-state index in [4.69, 9.17) is 5.73 Å². The summed E-state index contributed by atoms with van der Waals surface area (Å²) in [6.45, 7) is 4.88. The first-order valence-corrected chi connectivity index (χ1v) is 7.61. The molecule has 0 fully saturated rings. The number of thiazole rings is 1. The molecular formula is C13H23N3O2S. The molecule has 0 saturated heterocycles. The van der Waals surface area contributed by atoms with Crippen LogP contribution in [0.4, 0.5) is 0 Å². The van der Waals surface area contributed by atoms with Crippen LogP contribution in [-0.2, 0) is 6.42 Å². The van der Waals surface area contributed by atoms with E-state index in [0.29, 0.717) is 18.7 Å². The molecule has 1 heterocycles. The Morgan fingerprint density at radius 3 is 2.79 bits per heavy atom. The van der Waals surface area contributed by atoms with Gasteiger partial charge in [0.05, 0.1) is 11.1 Å². The third-order valence-electron chi connectivity index (χ3n) is 3.21. The fourth-order valence-corrected chi connectivity index (χ4v) is 2.73. The van der Waals surface area contributed by atoms with Crippen LogP contribution in [-0.4, -0.2) is 35.2 Å². The summed E-state index contributed by atoms with van der Waals surface area (Å²) in [6, 6.07) is 0. The molecule has 6 heteroatoms. The molecule has 1 aromatic rings. The minimum atomic E-state index is -0.499. The van der Waals surface area contributed by atoms with Gasteiger partial charge in [-0.25, -0.2) is 4.98 Å². The maximum absolute atomic E-state index is 11.9. The van der Waals surface area contributed by atoms with Crippen LogP contribution >= 0.6 is 11.3 Å². The molecule has 1 aromatic heterocycles. The van der Waals surface area contributed by atoms with Crippen LogP contribution in [0.1, 0.15) is 42.2 Å². The fraction of sp³-hybridized carbons (Fsp3) is 0.692. The molecule has 1 unspecified atom stereocenters. The predicted molar refractivity (Wildman–Crippen MR) is 77.3 cm³/mol. The highest BCUT2D eigenvalue weighted by molar-refractivity contribution is 7.09. The Labute approximate surface area is 118 Å². The van der Waals surface area contributed by atoms with E-state index in [0.717, 1.165) is 17.8 Å². The van der Waals surface area contributed by atoms with Gasteiger partial charge in [0, 0.05) is 18.3 Å². The average molecular weight is 285 g/mol. The fourth-order valence-electron chi connectivity index (χ4n) is 1.94. The SMILES string of the molecule is CCC(CC)C(O)CNC(=O)c1csc(CCN)n1. The Hall–Kier alpha value is -0.980. The molecule has 0 aliphatic carbocycles. The number of nitrogens with two attached hydrogens (primary N) is 1. The summed E-state index contributed by atoms with van der Waals surface area (Å²) in [5, 5.41) is 15.3. The number of hydrogen-bond donors (Lipinski definition) is 3. The molecule has 5 nitrogen and oxygen atoms in total. The monoisotopic (exact) mass is 285 g/mol. The van der Waals surface area contributed by atoms with Gasteiger partial charge in [-0.1, -0.05) is 26.7 Å². The molecule has 1 atom stereocenters. The summed E-state index contributed by atoms with van der Waals surface area (Å²) in [4.78, 5) is 16.1. The van der Waals surface area contributed by atoms with E-state index >= 15 is 0 Å². The quantitative estimate of drug-likeness (QED) is 0.669. The molecule has 1 amide bonds. The number of nitrogens with one attached hydrogen (secondary N) is 1. The number of carbonyl (C=O) groups excluding carboxylic acids is 1. The molecule has 0 radical (unpaired) electrons. The maximum Gasteiger partial charge on any atom is 0.270 e. The van der Waals surface area contributed by atoms with Crippen LogP contribution in [0.2, 0.25) is 0 Å². The van der Waals surface area contributed by atoms with Crippen LogP contribution in [0.25, 0.3) is 0 Å². The summed E-state index contributed by atoms with van der Waals surface area (Å²) < 4.78 is 0. The lowest BCUT2D eigenvalue weighted by Gasteiger charge is -2.20. The smallest absolute Gasteiger partial charge is 0.270 e. The van der Waals surface area contributed by atoms with E-state index in [-0.39, 0.29) is 18.4 Å². The molecule has 19 heavy (non-hydrogen) atoms. The van der Waals surface area contributed by atoms with Crippen LogP contribution < -0.4 is 11.1 Å². The van der Waals surface area contributed by atoms with Gasteiger partial charge in [-0.15, -0.1) is 11.3 Å². The van der Waals surface area contributed by atoms with Crippen LogP contribution in [0, 0.1) is 5.92 Å². The lowest BCUT2D eigenvalue weighted by atomic mass is 9.96. The van der Waals surface area contributed by atoms with Crippen molar-refractivity contribution in [3.05, 3.63) is 16.1 Å². The number of carbonyl (C=O) groups is 1. The summed E-state index contributed by atoms with van der Waals surface area (Å²) in [7, 11) is 0. The minimum absolute atomic E-state index is 0.225. The van der Waals surface area contributed by atoms with Crippen molar-refractivity contribution in [3.63, 3.8) is 0 Å². The van der Waals surface area contributed by atoms with Gasteiger partial charge in [0.2, 0.25) is 0 Å². The third kappa shape index (κ3) is 4.89. The average Bonchev–Trinajstić information content (AvgIpc) is 2.86. The van der Waals surface area contributed by atoms with Crippen molar-refractivity contribution in [2.45, 2.75) is 39.2 Å². The second kappa shape index (κ2) is 8.24. The Kier molecular flexibility index (Phi) is 6.97. The first-order chi connectivity index (χ1) is 9.12. The molecular weight excluding hydrogens is 262 g/mol. The first-order valence-electron chi connectivity index (χ1n) is 6.73. The third-order valence-corrected chi connectivity index (χ3v) is 4.12. The van der Waals surface area contributed by atoms with Gasteiger partial charge in [0.1, 0.15) is 5.69 Å². The summed E-state index contributed by atoms with van der Waals surface area (Å²) in [5.41, 5.74) is 5.85. The van der Waals surface area contributed by atoms with Crippen molar-refractivity contribution in [3.8, 4) is 0 Å². The molecule has 0 saturated carbocycles. The van der Waals surface area contributed by atoms with E-state index in [1.807, 2.05) is 13.8 Å². The molecule has 4 N–H and O–H groups in total. The summed E-state index contributed by atoms with van der Waals surface area (Å²) >= 11 is 1.44. The molecule has 0 bridgehead atoms. The van der Waals surface area contributed by atoms with Gasteiger partial charge in [0.25, 0.3) is 5.91 Å². The minimum Gasteiger partial charge on any atom is -0.391 e. The zero-order chi connectivity index (χ0) is 14.3. The molecule has 108 valence electrons. The highest BCUT2D eigenvalue weighted by Crippen LogP contribution is 2.13. The zero-order valence-electron chi connectivity index (χ0n) is 11.6. The number of aromatic nitrogens is 1. The number of hydrogen-bond acceptors (Lipinski definition) is 5. The number of nitrogens with zero attached hydrogens (tertiary/aromatic N) is 1. The van der Waals surface area contributed by atoms with Gasteiger partial charge < -0.3 is 16.2 Å². The van der Waals surface area contributed by atoms with E-state index in [1.54, 1.807) is 5.38 Å². The molecule has 0 aliphatic rings. The van der Waals surface area contributed by atoms with E-state index in [1.165, 1.54) is 11.3 Å². The molecule has 1 rings (SSSR count). The number of amides is 1. The number of rotatable bonds is 8. The van der Waals surface area contributed by atoms with Crippen LogP contribution in [0.15, 0.2) is 5.38 Å². The van der Waals surface area contributed by atoms with Crippen LogP contribution in [0.3, 0.4) is 0 Å². The topological polar surface area (TPSA) is 88.2 Å². The Morgan fingerprint density at radius 2 is 2.21 bits per heavy atom. The first kappa shape index (κ1) is 16.1. The van der Waals surface area contributed by atoms with Gasteiger partial charge in [0.15, 0.2) is 0 Å². The van der Waals surface area contributed by atoms with Crippen molar-refractivity contribution in [1.29, 1.82) is 0 Å². The van der Waals surface area contributed by atoms with Crippen molar-refractivity contribution < 1.29 is 9.90 Å². The van der Waals surface area contributed by atoms with E-state index in [2.05, 4.69) is 10.3 Å².